The number of aromatic nitrogens is 2. The number of methoxy groups -OCH3 is 1. The highest BCUT2D eigenvalue weighted by atomic mass is 32.1. The molecule has 0 aliphatic carbocycles. The standard InChI is InChI=1S/C26H25N3O3S/c1-16-11-17(2)24(18(3)12-16)21-15-33-26(28-21)29-25(30)19-8-9-22(23(13-19)31-4)32-14-20-7-5-6-10-27-20/h5-13,15H,14H2,1-4H3,(H,28,29,30). The monoisotopic (exact) mass is 459 g/mol. The molecule has 1 N–H and O–H groups in total. The molecule has 7 heteroatoms. The van der Waals surface area contributed by atoms with Crippen molar-refractivity contribution in [2.24, 2.45) is 0 Å². The SMILES string of the molecule is COc1cc(C(=O)Nc2nc(-c3c(C)cc(C)cc3C)cs2)ccc1OCc1ccccn1. The summed E-state index contributed by atoms with van der Waals surface area (Å²) in [6.45, 7) is 6.55. The van der Waals surface area contributed by atoms with Gasteiger partial charge in [0.05, 0.1) is 18.5 Å². The van der Waals surface area contributed by atoms with Gasteiger partial charge >= 0.3 is 0 Å². The van der Waals surface area contributed by atoms with Crippen LogP contribution in [0, 0.1) is 20.8 Å². The molecule has 2 aromatic carbocycles. The molecule has 4 rings (SSSR count). The predicted octanol–water partition coefficient (Wildman–Crippen LogP) is 5.97. The van der Waals surface area contributed by atoms with Crippen LogP contribution in [0.25, 0.3) is 11.3 Å². The molecule has 0 saturated heterocycles. The average Bonchev–Trinajstić information content (AvgIpc) is 3.25. The fraction of sp³-hybridized carbons (Fsp3) is 0.192. The first-order valence-corrected chi connectivity index (χ1v) is 11.4. The minimum Gasteiger partial charge on any atom is -0.493 e. The highest BCUT2D eigenvalue weighted by Gasteiger charge is 2.15. The number of carbonyl (C=O) groups is 1. The molecule has 0 fully saturated rings. The van der Waals surface area contributed by atoms with Crippen LogP contribution in [0.1, 0.15) is 32.7 Å². The van der Waals surface area contributed by atoms with E-state index in [4.69, 9.17) is 9.47 Å². The highest BCUT2D eigenvalue weighted by Crippen LogP contribution is 2.32. The van der Waals surface area contributed by atoms with E-state index in [0.717, 1.165) is 17.0 Å². The van der Waals surface area contributed by atoms with Crippen molar-refractivity contribution in [1.29, 1.82) is 0 Å². The van der Waals surface area contributed by atoms with Crippen LogP contribution in [0.3, 0.4) is 0 Å². The molecule has 6 nitrogen and oxygen atoms in total. The number of carbonyl (C=O) groups excluding carboxylic acids is 1. The van der Waals surface area contributed by atoms with Crippen LogP contribution in [-0.2, 0) is 6.61 Å². The summed E-state index contributed by atoms with van der Waals surface area (Å²) in [5, 5.41) is 5.40. The Hall–Kier alpha value is -3.71. The third kappa shape index (κ3) is 5.21. The lowest BCUT2D eigenvalue weighted by Crippen LogP contribution is -2.12. The minimum absolute atomic E-state index is 0.261. The number of aryl methyl sites for hydroxylation is 3. The van der Waals surface area contributed by atoms with E-state index < -0.39 is 0 Å². The third-order valence-corrected chi connectivity index (χ3v) is 5.94. The number of nitrogens with zero attached hydrogens (tertiary/aromatic N) is 2. The number of benzene rings is 2. The fourth-order valence-corrected chi connectivity index (χ4v) is 4.46. The van der Waals surface area contributed by atoms with Crippen molar-refractivity contribution in [3.05, 3.63) is 88.1 Å². The van der Waals surface area contributed by atoms with Gasteiger partial charge in [-0.25, -0.2) is 4.98 Å². The maximum Gasteiger partial charge on any atom is 0.257 e. The molecule has 2 heterocycles. The number of amides is 1. The van der Waals surface area contributed by atoms with Crippen molar-refractivity contribution in [2.75, 3.05) is 12.4 Å². The number of hydrogen-bond acceptors (Lipinski definition) is 6. The molecule has 1 amide bonds. The van der Waals surface area contributed by atoms with Gasteiger partial charge in [0.1, 0.15) is 6.61 Å². The summed E-state index contributed by atoms with van der Waals surface area (Å²) in [6, 6.07) is 15.0. The van der Waals surface area contributed by atoms with Gasteiger partial charge in [-0.1, -0.05) is 23.8 Å². The summed E-state index contributed by atoms with van der Waals surface area (Å²) in [6.07, 6.45) is 1.72. The van der Waals surface area contributed by atoms with Crippen LogP contribution in [0.2, 0.25) is 0 Å². The van der Waals surface area contributed by atoms with Crippen LogP contribution in [0.4, 0.5) is 5.13 Å². The first-order valence-electron chi connectivity index (χ1n) is 10.5. The Bertz CT molecular complexity index is 1260. The Labute approximate surface area is 197 Å². The summed E-state index contributed by atoms with van der Waals surface area (Å²) >= 11 is 1.40. The number of pyridine rings is 1. The number of ether oxygens (including phenoxy) is 2. The Morgan fingerprint density at radius 2 is 1.82 bits per heavy atom. The zero-order chi connectivity index (χ0) is 23.4. The lowest BCUT2D eigenvalue weighted by Gasteiger charge is -2.12. The van der Waals surface area contributed by atoms with Crippen molar-refractivity contribution < 1.29 is 14.3 Å². The lowest BCUT2D eigenvalue weighted by atomic mass is 9.98. The minimum atomic E-state index is -0.261. The molecule has 0 saturated carbocycles. The average molecular weight is 460 g/mol. The molecule has 0 aliphatic rings. The van der Waals surface area contributed by atoms with Crippen LogP contribution in [0.5, 0.6) is 11.5 Å². The first-order chi connectivity index (χ1) is 15.9. The molecule has 0 spiro atoms. The molecule has 0 atom stereocenters. The van der Waals surface area contributed by atoms with Crippen molar-refractivity contribution >= 4 is 22.4 Å². The summed E-state index contributed by atoms with van der Waals surface area (Å²) in [5.41, 5.74) is 6.79. The smallest absolute Gasteiger partial charge is 0.257 e. The molecule has 2 aromatic heterocycles. The molecule has 0 bridgehead atoms. The van der Waals surface area contributed by atoms with E-state index in [0.29, 0.717) is 28.8 Å². The van der Waals surface area contributed by atoms with Gasteiger partial charge < -0.3 is 9.47 Å². The molecule has 0 unspecified atom stereocenters. The second-order valence-electron chi connectivity index (χ2n) is 7.74. The van der Waals surface area contributed by atoms with Crippen molar-refractivity contribution in [1.82, 2.24) is 9.97 Å². The van der Waals surface area contributed by atoms with Crippen molar-refractivity contribution in [3.63, 3.8) is 0 Å². The normalized spacial score (nSPS) is 10.7. The van der Waals surface area contributed by atoms with E-state index in [1.165, 1.54) is 28.0 Å². The van der Waals surface area contributed by atoms with Gasteiger partial charge in [-0.15, -0.1) is 11.3 Å². The Morgan fingerprint density at radius 3 is 2.52 bits per heavy atom. The van der Waals surface area contributed by atoms with Crippen LogP contribution < -0.4 is 14.8 Å². The second-order valence-corrected chi connectivity index (χ2v) is 8.60. The largest absolute Gasteiger partial charge is 0.493 e. The summed E-state index contributed by atoms with van der Waals surface area (Å²) < 4.78 is 11.3. The molecule has 0 aliphatic heterocycles. The van der Waals surface area contributed by atoms with E-state index in [-0.39, 0.29) is 5.91 Å². The molecule has 4 aromatic rings. The van der Waals surface area contributed by atoms with Crippen LogP contribution in [-0.4, -0.2) is 23.0 Å². The first kappa shape index (κ1) is 22.5. The van der Waals surface area contributed by atoms with E-state index in [9.17, 15) is 4.79 Å². The van der Waals surface area contributed by atoms with E-state index in [1.54, 1.807) is 31.5 Å². The van der Waals surface area contributed by atoms with Crippen LogP contribution >= 0.6 is 11.3 Å². The lowest BCUT2D eigenvalue weighted by molar-refractivity contribution is 0.102. The van der Waals surface area contributed by atoms with Gasteiger partial charge in [-0.05, 0) is 62.2 Å². The summed E-state index contributed by atoms with van der Waals surface area (Å²) in [5.74, 6) is 0.758. The molecular formula is C26H25N3O3S. The van der Waals surface area contributed by atoms with Gasteiger partial charge in [0.15, 0.2) is 16.6 Å². The van der Waals surface area contributed by atoms with E-state index in [1.807, 2.05) is 23.6 Å². The van der Waals surface area contributed by atoms with E-state index >= 15 is 0 Å². The highest BCUT2D eigenvalue weighted by molar-refractivity contribution is 7.14. The Balaban J connectivity index is 1.48. The Kier molecular flexibility index (Phi) is 6.70. The number of anilines is 1. The van der Waals surface area contributed by atoms with Gasteiger partial charge in [-0.3, -0.25) is 15.1 Å². The quantitative estimate of drug-likeness (QED) is 0.369. The number of thiazole rings is 1. The van der Waals surface area contributed by atoms with Gasteiger partial charge in [0.25, 0.3) is 5.91 Å². The fourth-order valence-electron chi connectivity index (χ4n) is 3.76. The van der Waals surface area contributed by atoms with Gasteiger partial charge in [0.2, 0.25) is 0 Å². The predicted molar refractivity (Wildman–Crippen MR) is 131 cm³/mol. The summed E-state index contributed by atoms with van der Waals surface area (Å²) in [7, 11) is 1.55. The van der Waals surface area contributed by atoms with Gasteiger partial charge in [0, 0.05) is 22.7 Å². The molecule has 33 heavy (non-hydrogen) atoms. The topological polar surface area (TPSA) is 73.3 Å². The molecule has 168 valence electrons. The number of nitrogens with one attached hydrogen (secondary N) is 1. The third-order valence-electron chi connectivity index (χ3n) is 5.19. The van der Waals surface area contributed by atoms with Crippen molar-refractivity contribution in [3.8, 4) is 22.8 Å². The second kappa shape index (κ2) is 9.83. The zero-order valence-corrected chi connectivity index (χ0v) is 19.8. The van der Waals surface area contributed by atoms with Crippen LogP contribution in [0.15, 0.2) is 60.1 Å². The van der Waals surface area contributed by atoms with Crippen molar-refractivity contribution in [2.45, 2.75) is 27.4 Å². The summed E-state index contributed by atoms with van der Waals surface area (Å²) in [4.78, 5) is 21.7. The molecule has 0 radical (unpaired) electrons. The number of hydrogen-bond donors (Lipinski definition) is 1. The maximum atomic E-state index is 12.8. The van der Waals surface area contributed by atoms with Gasteiger partial charge in [-0.2, -0.15) is 0 Å². The number of rotatable bonds is 7. The zero-order valence-electron chi connectivity index (χ0n) is 19.0. The molecular weight excluding hydrogens is 434 g/mol. The maximum absolute atomic E-state index is 12.8. The van der Waals surface area contributed by atoms with E-state index in [2.05, 4.69) is 48.2 Å². The Morgan fingerprint density at radius 1 is 1.03 bits per heavy atom.